The highest BCUT2D eigenvalue weighted by Gasteiger charge is 2.16. The first kappa shape index (κ1) is 12.1. The number of benzene rings is 1. The van der Waals surface area contributed by atoms with E-state index in [9.17, 15) is 4.79 Å². The maximum Gasteiger partial charge on any atom is 0.253 e. The summed E-state index contributed by atoms with van der Waals surface area (Å²) in [5, 5.41) is 0. The standard InChI is InChI=1S/C12H16ClNO/c1-9-4-6-11(7-5-9)12(15)14(3)10(2)8-13/h4-7,10H,8H2,1-3H3. The van der Waals surface area contributed by atoms with E-state index in [0.29, 0.717) is 11.4 Å². The maximum absolute atomic E-state index is 11.9. The first-order valence-corrected chi connectivity index (χ1v) is 5.49. The van der Waals surface area contributed by atoms with Gasteiger partial charge < -0.3 is 4.90 Å². The molecule has 0 spiro atoms. The van der Waals surface area contributed by atoms with Crippen molar-refractivity contribution in [1.29, 1.82) is 0 Å². The Hall–Kier alpha value is -1.02. The van der Waals surface area contributed by atoms with Crippen LogP contribution < -0.4 is 0 Å². The van der Waals surface area contributed by atoms with Gasteiger partial charge in [-0.1, -0.05) is 17.7 Å². The number of hydrogen-bond donors (Lipinski definition) is 0. The molecule has 3 heteroatoms. The quantitative estimate of drug-likeness (QED) is 0.725. The number of aryl methyl sites for hydroxylation is 1. The molecule has 0 fully saturated rings. The molecule has 0 aromatic heterocycles. The molecule has 1 aromatic rings. The van der Waals surface area contributed by atoms with Crippen LogP contribution in [0.1, 0.15) is 22.8 Å². The number of halogens is 1. The third kappa shape index (κ3) is 2.96. The van der Waals surface area contributed by atoms with Crippen molar-refractivity contribution < 1.29 is 4.79 Å². The van der Waals surface area contributed by atoms with Gasteiger partial charge in [-0.2, -0.15) is 0 Å². The van der Waals surface area contributed by atoms with Crippen LogP contribution in [-0.4, -0.2) is 29.8 Å². The lowest BCUT2D eigenvalue weighted by molar-refractivity contribution is 0.0756. The monoisotopic (exact) mass is 225 g/mol. The molecule has 1 unspecified atom stereocenters. The molecular formula is C12H16ClNO. The summed E-state index contributed by atoms with van der Waals surface area (Å²) in [5.74, 6) is 0.469. The van der Waals surface area contributed by atoms with Gasteiger partial charge in [0.1, 0.15) is 0 Å². The lowest BCUT2D eigenvalue weighted by atomic mass is 10.1. The van der Waals surface area contributed by atoms with E-state index < -0.39 is 0 Å². The third-order valence-electron chi connectivity index (χ3n) is 2.50. The van der Waals surface area contributed by atoms with Gasteiger partial charge in [0, 0.05) is 24.5 Å². The van der Waals surface area contributed by atoms with Crippen molar-refractivity contribution in [1.82, 2.24) is 4.90 Å². The van der Waals surface area contributed by atoms with Crippen molar-refractivity contribution in [3.05, 3.63) is 35.4 Å². The topological polar surface area (TPSA) is 20.3 Å². The molecule has 0 aliphatic heterocycles. The van der Waals surface area contributed by atoms with Gasteiger partial charge in [-0.05, 0) is 26.0 Å². The van der Waals surface area contributed by atoms with Gasteiger partial charge in [0.15, 0.2) is 0 Å². The number of hydrogen-bond acceptors (Lipinski definition) is 1. The number of rotatable bonds is 3. The van der Waals surface area contributed by atoms with Gasteiger partial charge in [0.05, 0.1) is 0 Å². The summed E-state index contributed by atoms with van der Waals surface area (Å²) in [4.78, 5) is 13.6. The molecule has 0 bridgehead atoms. The van der Waals surface area contributed by atoms with Crippen LogP contribution in [0, 0.1) is 6.92 Å². The minimum absolute atomic E-state index is 0.0168. The Labute approximate surface area is 95.8 Å². The number of alkyl halides is 1. The molecule has 0 aliphatic carbocycles. The van der Waals surface area contributed by atoms with Crippen molar-refractivity contribution in [2.45, 2.75) is 19.9 Å². The fourth-order valence-electron chi connectivity index (χ4n) is 1.20. The highest BCUT2D eigenvalue weighted by atomic mass is 35.5. The van der Waals surface area contributed by atoms with Crippen LogP contribution in [0.25, 0.3) is 0 Å². The zero-order valence-electron chi connectivity index (χ0n) is 9.33. The molecule has 0 heterocycles. The third-order valence-corrected chi connectivity index (χ3v) is 2.95. The summed E-state index contributed by atoms with van der Waals surface area (Å²) < 4.78 is 0. The smallest absolute Gasteiger partial charge is 0.253 e. The Morgan fingerprint density at radius 3 is 2.40 bits per heavy atom. The van der Waals surface area contributed by atoms with E-state index in [1.54, 1.807) is 11.9 Å². The van der Waals surface area contributed by atoms with Crippen LogP contribution in [0.2, 0.25) is 0 Å². The fraction of sp³-hybridized carbons (Fsp3) is 0.417. The van der Waals surface area contributed by atoms with E-state index in [4.69, 9.17) is 11.6 Å². The average molecular weight is 226 g/mol. The molecule has 1 amide bonds. The van der Waals surface area contributed by atoms with E-state index in [1.807, 2.05) is 38.1 Å². The highest BCUT2D eigenvalue weighted by Crippen LogP contribution is 2.08. The minimum atomic E-state index is 0.0168. The van der Waals surface area contributed by atoms with Gasteiger partial charge >= 0.3 is 0 Å². The highest BCUT2D eigenvalue weighted by molar-refractivity contribution is 6.18. The zero-order chi connectivity index (χ0) is 11.4. The molecule has 1 aromatic carbocycles. The summed E-state index contributed by atoms with van der Waals surface area (Å²) in [7, 11) is 1.77. The molecule has 0 aliphatic rings. The van der Waals surface area contributed by atoms with Crippen LogP contribution in [-0.2, 0) is 0 Å². The lowest BCUT2D eigenvalue weighted by Gasteiger charge is -2.23. The molecule has 2 nitrogen and oxygen atoms in total. The summed E-state index contributed by atoms with van der Waals surface area (Å²) in [6, 6.07) is 7.61. The first-order chi connectivity index (χ1) is 7.06. The van der Waals surface area contributed by atoms with Gasteiger partial charge in [0.25, 0.3) is 5.91 Å². The number of amides is 1. The first-order valence-electron chi connectivity index (χ1n) is 4.96. The summed E-state index contributed by atoms with van der Waals surface area (Å²) >= 11 is 5.71. The van der Waals surface area contributed by atoms with Gasteiger partial charge in [-0.25, -0.2) is 0 Å². The molecule has 1 rings (SSSR count). The molecule has 0 saturated heterocycles. The second-order valence-electron chi connectivity index (χ2n) is 3.79. The minimum Gasteiger partial charge on any atom is -0.338 e. The van der Waals surface area contributed by atoms with E-state index in [1.165, 1.54) is 0 Å². The zero-order valence-corrected chi connectivity index (χ0v) is 10.1. The van der Waals surface area contributed by atoms with Crippen LogP contribution in [0.4, 0.5) is 0 Å². The van der Waals surface area contributed by atoms with E-state index >= 15 is 0 Å². The molecule has 82 valence electrons. The lowest BCUT2D eigenvalue weighted by Crippen LogP contribution is -2.36. The molecule has 0 N–H and O–H groups in total. The Morgan fingerprint density at radius 1 is 1.40 bits per heavy atom. The van der Waals surface area contributed by atoms with Gasteiger partial charge in [-0.3, -0.25) is 4.79 Å². The molecule has 0 saturated carbocycles. The van der Waals surface area contributed by atoms with Crippen molar-refractivity contribution in [2.24, 2.45) is 0 Å². The van der Waals surface area contributed by atoms with Crippen molar-refractivity contribution >= 4 is 17.5 Å². The van der Waals surface area contributed by atoms with Crippen molar-refractivity contribution in [3.8, 4) is 0 Å². The Bertz CT molecular complexity index is 334. The van der Waals surface area contributed by atoms with E-state index in [0.717, 1.165) is 5.56 Å². The van der Waals surface area contributed by atoms with Gasteiger partial charge in [-0.15, -0.1) is 11.6 Å². The second kappa shape index (κ2) is 5.17. The Kier molecular flexibility index (Phi) is 4.15. The van der Waals surface area contributed by atoms with Crippen molar-refractivity contribution in [2.75, 3.05) is 12.9 Å². The average Bonchev–Trinajstić information content (AvgIpc) is 2.27. The molecule has 15 heavy (non-hydrogen) atoms. The van der Waals surface area contributed by atoms with Crippen LogP contribution in [0.15, 0.2) is 24.3 Å². The van der Waals surface area contributed by atoms with Crippen LogP contribution in [0.5, 0.6) is 0 Å². The predicted molar refractivity (Wildman–Crippen MR) is 63.5 cm³/mol. The Morgan fingerprint density at radius 2 is 1.93 bits per heavy atom. The normalized spacial score (nSPS) is 12.3. The SMILES string of the molecule is Cc1ccc(C(=O)N(C)C(C)CCl)cc1. The summed E-state index contributed by atoms with van der Waals surface area (Å²) in [5.41, 5.74) is 1.86. The molecular weight excluding hydrogens is 210 g/mol. The van der Waals surface area contributed by atoms with Crippen molar-refractivity contribution in [3.63, 3.8) is 0 Å². The Balaban J connectivity index is 2.80. The van der Waals surface area contributed by atoms with Crippen LogP contribution in [0.3, 0.4) is 0 Å². The predicted octanol–water partition coefficient (Wildman–Crippen LogP) is 2.69. The fourth-order valence-corrected chi connectivity index (χ4v) is 1.41. The van der Waals surface area contributed by atoms with Gasteiger partial charge in [0.2, 0.25) is 0 Å². The number of carbonyl (C=O) groups excluding carboxylic acids is 1. The number of carbonyl (C=O) groups is 1. The van der Waals surface area contributed by atoms with Crippen LogP contribution >= 0.6 is 11.6 Å². The summed E-state index contributed by atoms with van der Waals surface area (Å²) in [6.07, 6.45) is 0. The molecule has 1 atom stereocenters. The number of nitrogens with zero attached hydrogens (tertiary/aromatic N) is 1. The molecule has 0 radical (unpaired) electrons. The summed E-state index contributed by atoms with van der Waals surface area (Å²) in [6.45, 7) is 3.93. The van der Waals surface area contributed by atoms with E-state index in [2.05, 4.69) is 0 Å². The second-order valence-corrected chi connectivity index (χ2v) is 4.09. The maximum atomic E-state index is 11.9. The van der Waals surface area contributed by atoms with E-state index in [-0.39, 0.29) is 11.9 Å². The largest absolute Gasteiger partial charge is 0.338 e.